The van der Waals surface area contributed by atoms with Crippen molar-refractivity contribution >= 4 is 17.3 Å². The summed E-state index contributed by atoms with van der Waals surface area (Å²) in [5.41, 5.74) is 6.63. The molecule has 1 aliphatic carbocycles. The minimum atomic E-state index is -0.759. The molecule has 0 aromatic heterocycles. The van der Waals surface area contributed by atoms with Crippen molar-refractivity contribution in [3.63, 3.8) is 0 Å². The minimum Gasteiger partial charge on any atom is -0.481 e. The molecule has 5 heteroatoms. The number of hydrogen-bond acceptors (Lipinski definition) is 3. The van der Waals surface area contributed by atoms with Crippen LogP contribution in [0, 0.1) is 11.7 Å². The van der Waals surface area contributed by atoms with Gasteiger partial charge in [0.1, 0.15) is 5.82 Å². The molecule has 0 bridgehead atoms. The van der Waals surface area contributed by atoms with E-state index in [0.717, 1.165) is 0 Å². The SMILES string of the molecule is Nc1cc(F)ccc1NC1CC(C(=O)O)C1. The zero-order valence-electron chi connectivity index (χ0n) is 8.61. The number of halogens is 1. The predicted octanol–water partition coefficient (Wildman–Crippen LogP) is 1.68. The van der Waals surface area contributed by atoms with Gasteiger partial charge in [-0.2, -0.15) is 0 Å². The van der Waals surface area contributed by atoms with Crippen LogP contribution in [0.5, 0.6) is 0 Å². The Balaban J connectivity index is 1.94. The third-order valence-corrected chi connectivity index (χ3v) is 2.86. The van der Waals surface area contributed by atoms with Gasteiger partial charge in [-0.05, 0) is 31.0 Å². The lowest BCUT2D eigenvalue weighted by Gasteiger charge is -2.33. The third kappa shape index (κ3) is 2.08. The molecule has 2 rings (SSSR count). The number of carbonyl (C=O) groups is 1. The van der Waals surface area contributed by atoms with Crippen LogP contribution < -0.4 is 11.1 Å². The molecule has 1 aliphatic rings. The molecule has 1 aromatic carbocycles. The number of hydrogen-bond donors (Lipinski definition) is 3. The molecule has 0 amide bonds. The smallest absolute Gasteiger partial charge is 0.306 e. The maximum Gasteiger partial charge on any atom is 0.306 e. The van der Waals surface area contributed by atoms with Crippen molar-refractivity contribution in [1.29, 1.82) is 0 Å². The lowest BCUT2D eigenvalue weighted by Crippen LogP contribution is -2.39. The van der Waals surface area contributed by atoms with Crippen molar-refractivity contribution in [2.75, 3.05) is 11.1 Å². The van der Waals surface area contributed by atoms with E-state index in [0.29, 0.717) is 24.2 Å². The van der Waals surface area contributed by atoms with E-state index in [-0.39, 0.29) is 17.8 Å². The Morgan fingerprint density at radius 1 is 1.50 bits per heavy atom. The third-order valence-electron chi connectivity index (χ3n) is 2.86. The first-order valence-corrected chi connectivity index (χ1v) is 5.10. The summed E-state index contributed by atoms with van der Waals surface area (Å²) in [5.74, 6) is -1.40. The van der Waals surface area contributed by atoms with Crippen LogP contribution >= 0.6 is 0 Å². The Morgan fingerprint density at radius 3 is 2.75 bits per heavy atom. The monoisotopic (exact) mass is 224 g/mol. The number of anilines is 2. The van der Waals surface area contributed by atoms with E-state index >= 15 is 0 Å². The molecule has 0 aliphatic heterocycles. The summed E-state index contributed by atoms with van der Waals surface area (Å²) < 4.78 is 12.8. The normalized spacial score (nSPS) is 23.6. The van der Waals surface area contributed by atoms with E-state index in [1.807, 2.05) is 0 Å². The molecule has 1 saturated carbocycles. The van der Waals surface area contributed by atoms with Crippen molar-refractivity contribution in [2.45, 2.75) is 18.9 Å². The molecule has 16 heavy (non-hydrogen) atoms. The summed E-state index contributed by atoms with van der Waals surface area (Å²) in [6.07, 6.45) is 1.18. The maximum absolute atomic E-state index is 12.8. The lowest BCUT2D eigenvalue weighted by atomic mass is 9.80. The van der Waals surface area contributed by atoms with Crippen molar-refractivity contribution in [3.8, 4) is 0 Å². The number of nitrogen functional groups attached to an aromatic ring is 1. The van der Waals surface area contributed by atoms with E-state index in [1.54, 1.807) is 6.07 Å². The van der Waals surface area contributed by atoms with E-state index in [4.69, 9.17) is 10.8 Å². The number of aliphatic carboxylic acids is 1. The molecule has 0 unspecified atom stereocenters. The topological polar surface area (TPSA) is 75.3 Å². The highest BCUT2D eigenvalue weighted by Gasteiger charge is 2.34. The first-order chi connectivity index (χ1) is 7.56. The molecule has 0 atom stereocenters. The summed E-state index contributed by atoms with van der Waals surface area (Å²) in [4.78, 5) is 10.6. The van der Waals surface area contributed by atoms with Crippen LogP contribution in [-0.2, 0) is 4.79 Å². The van der Waals surface area contributed by atoms with Crippen LogP contribution in [0.25, 0.3) is 0 Å². The maximum atomic E-state index is 12.8. The molecule has 0 spiro atoms. The summed E-state index contributed by atoms with van der Waals surface area (Å²) in [6, 6.07) is 4.26. The van der Waals surface area contributed by atoms with Crippen LogP contribution in [0.1, 0.15) is 12.8 Å². The second-order valence-electron chi connectivity index (χ2n) is 4.08. The van der Waals surface area contributed by atoms with Gasteiger partial charge < -0.3 is 16.2 Å². The average Bonchev–Trinajstić information content (AvgIpc) is 2.12. The number of benzene rings is 1. The average molecular weight is 224 g/mol. The summed E-state index contributed by atoms with van der Waals surface area (Å²) in [7, 11) is 0. The van der Waals surface area contributed by atoms with Crippen molar-refractivity contribution < 1.29 is 14.3 Å². The molecular formula is C11H13FN2O2. The van der Waals surface area contributed by atoms with Gasteiger partial charge in [0.2, 0.25) is 0 Å². The first-order valence-electron chi connectivity index (χ1n) is 5.10. The molecule has 0 saturated heterocycles. The molecule has 4 nitrogen and oxygen atoms in total. The van der Waals surface area contributed by atoms with Crippen LogP contribution in [0.3, 0.4) is 0 Å². The van der Waals surface area contributed by atoms with E-state index in [9.17, 15) is 9.18 Å². The minimum absolute atomic E-state index is 0.119. The van der Waals surface area contributed by atoms with Gasteiger partial charge in [0.05, 0.1) is 17.3 Å². The molecule has 86 valence electrons. The number of rotatable bonds is 3. The van der Waals surface area contributed by atoms with E-state index in [2.05, 4.69) is 5.32 Å². The fourth-order valence-electron chi connectivity index (χ4n) is 1.82. The zero-order chi connectivity index (χ0) is 11.7. The Hall–Kier alpha value is -1.78. The largest absolute Gasteiger partial charge is 0.481 e. The highest BCUT2D eigenvalue weighted by Crippen LogP contribution is 2.32. The standard InChI is InChI=1S/C11H13FN2O2/c12-7-1-2-10(9(13)5-7)14-8-3-6(4-8)11(15)16/h1-2,5-6,8,14H,3-4,13H2,(H,15,16). The highest BCUT2D eigenvalue weighted by molar-refractivity contribution is 5.72. The molecular weight excluding hydrogens is 211 g/mol. The van der Waals surface area contributed by atoms with Gasteiger partial charge in [-0.15, -0.1) is 0 Å². The molecule has 4 N–H and O–H groups in total. The fraction of sp³-hybridized carbons (Fsp3) is 0.364. The summed E-state index contributed by atoms with van der Waals surface area (Å²) in [5, 5.41) is 11.8. The lowest BCUT2D eigenvalue weighted by molar-refractivity contribution is -0.144. The Kier molecular flexibility index (Phi) is 2.68. The van der Waals surface area contributed by atoms with Gasteiger partial charge in [0.25, 0.3) is 0 Å². The second-order valence-corrected chi connectivity index (χ2v) is 4.08. The van der Waals surface area contributed by atoms with Crippen molar-refractivity contribution in [2.24, 2.45) is 5.92 Å². The number of carboxylic acids is 1. The van der Waals surface area contributed by atoms with Gasteiger partial charge >= 0.3 is 5.97 Å². The Morgan fingerprint density at radius 2 is 2.19 bits per heavy atom. The quantitative estimate of drug-likeness (QED) is 0.683. The van der Waals surface area contributed by atoms with Crippen LogP contribution in [-0.4, -0.2) is 17.1 Å². The number of nitrogens with one attached hydrogen (secondary N) is 1. The molecule has 1 fully saturated rings. The Bertz CT molecular complexity index is 416. The summed E-state index contributed by atoms with van der Waals surface area (Å²) in [6.45, 7) is 0. The number of nitrogens with two attached hydrogens (primary N) is 1. The predicted molar refractivity (Wildman–Crippen MR) is 58.6 cm³/mol. The van der Waals surface area contributed by atoms with Crippen LogP contribution in [0.2, 0.25) is 0 Å². The van der Waals surface area contributed by atoms with Gasteiger partial charge in [0, 0.05) is 6.04 Å². The van der Waals surface area contributed by atoms with Crippen molar-refractivity contribution in [1.82, 2.24) is 0 Å². The molecule has 0 radical (unpaired) electrons. The number of carboxylic acid groups (broad SMARTS) is 1. The van der Waals surface area contributed by atoms with Crippen LogP contribution in [0.4, 0.5) is 15.8 Å². The van der Waals surface area contributed by atoms with Crippen LogP contribution in [0.15, 0.2) is 18.2 Å². The van der Waals surface area contributed by atoms with Gasteiger partial charge in [-0.3, -0.25) is 4.79 Å². The zero-order valence-corrected chi connectivity index (χ0v) is 8.61. The summed E-state index contributed by atoms with van der Waals surface area (Å²) >= 11 is 0. The molecule has 0 heterocycles. The van der Waals surface area contributed by atoms with E-state index in [1.165, 1.54) is 12.1 Å². The first kappa shape index (κ1) is 10.7. The Labute approximate surface area is 92.3 Å². The molecule has 1 aromatic rings. The highest BCUT2D eigenvalue weighted by atomic mass is 19.1. The second kappa shape index (κ2) is 4.00. The van der Waals surface area contributed by atoms with Gasteiger partial charge in [-0.25, -0.2) is 4.39 Å². The fourth-order valence-corrected chi connectivity index (χ4v) is 1.82. The van der Waals surface area contributed by atoms with Gasteiger partial charge in [-0.1, -0.05) is 0 Å². The van der Waals surface area contributed by atoms with Crippen molar-refractivity contribution in [3.05, 3.63) is 24.0 Å². The van der Waals surface area contributed by atoms with Gasteiger partial charge in [0.15, 0.2) is 0 Å². The van der Waals surface area contributed by atoms with E-state index < -0.39 is 5.97 Å².